The van der Waals surface area contributed by atoms with E-state index in [4.69, 9.17) is 4.99 Å². The third-order valence-corrected chi connectivity index (χ3v) is 17.0. The molecule has 8 rings (SSSR count). The summed E-state index contributed by atoms with van der Waals surface area (Å²) < 4.78 is 0.890. The molecular formula is C50H49Cl2N4O3Ru. The summed E-state index contributed by atoms with van der Waals surface area (Å²) in [5, 5.41) is 25.7. The second-order valence-corrected chi connectivity index (χ2v) is 20.2. The first-order chi connectivity index (χ1) is 27.9. The third-order valence-electron chi connectivity index (χ3n) is 11.2. The van der Waals surface area contributed by atoms with E-state index in [1.165, 1.54) is 17.2 Å². The van der Waals surface area contributed by atoms with Gasteiger partial charge in [0.25, 0.3) is 0 Å². The molecule has 1 heterocycles. The molecule has 0 aromatic heterocycles. The van der Waals surface area contributed by atoms with Gasteiger partial charge in [0.05, 0.1) is 0 Å². The van der Waals surface area contributed by atoms with Crippen molar-refractivity contribution in [1.82, 2.24) is 0 Å². The van der Waals surface area contributed by atoms with Crippen molar-refractivity contribution >= 4 is 37.3 Å². The van der Waals surface area contributed by atoms with Crippen LogP contribution in [0.2, 0.25) is 4.01 Å². The van der Waals surface area contributed by atoms with Crippen molar-refractivity contribution < 1.29 is 49.9 Å². The van der Waals surface area contributed by atoms with Gasteiger partial charge in [0.2, 0.25) is 0 Å². The van der Waals surface area contributed by atoms with Gasteiger partial charge in [0.1, 0.15) is 0 Å². The normalized spacial score (nSPS) is 19.1. The number of benzene rings is 5. The van der Waals surface area contributed by atoms with Gasteiger partial charge in [-0.2, -0.15) is 0 Å². The van der Waals surface area contributed by atoms with E-state index in [1.54, 1.807) is 12.2 Å². The molecule has 2 atom stereocenters. The van der Waals surface area contributed by atoms with Crippen LogP contribution >= 0.6 is 0 Å². The number of anilines is 2. The molecular weight excluding hydrogens is 877 g/mol. The van der Waals surface area contributed by atoms with Crippen LogP contribution in [-0.2, 0) is 15.0 Å². The van der Waals surface area contributed by atoms with E-state index < -0.39 is 25.2 Å². The van der Waals surface area contributed by atoms with Gasteiger partial charge in [-0.05, 0) is 0 Å². The molecule has 1 aliphatic heterocycles. The Morgan fingerprint density at radius 2 is 1.25 bits per heavy atom. The predicted octanol–water partition coefficient (Wildman–Crippen LogP) is 4.20. The average molecular weight is 926 g/mol. The zero-order chi connectivity index (χ0) is 40.9. The maximum atomic E-state index is 12.9. The summed E-state index contributed by atoms with van der Waals surface area (Å²) in [6.07, 6.45) is 7.84. The van der Waals surface area contributed by atoms with E-state index in [2.05, 4.69) is 130 Å². The second kappa shape index (κ2) is 17.9. The summed E-state index contributed by atoms with van der Waals surface area (Å²) in [5.74, 6) is 0. The van der Waals surface area contributed by atoms with Crippen molar-refractivity contribution in [3.8, 4) is 0 Å². The van der Waals surface area contributed by atoms with Crippen LogP contribution in [0.25, 0.3) is 5.57 Å². The molecule has 2 aliphatic carbocycles. The molecule has 2 unspecified atom stereocenters. The van der Waals surface area contributed by atoms with E-state index in [0.29, 0.717) is 18.8 Å². The number of hydrogen-bond donors (Lipinski definition) is 1. The maximum Gasteiger partial charge on any atom is -1.00 e. The van der Waals surface area contributed by atoms with Gasteiger partial charge in [-0.1, -0.05) is 0 Å². The van der Waals surface area contributed by atoms with Crippen LogP contribution in [0.3, 0.4) is 0 Å². The Kier molecular flexibility index (Phi) is 13.2. The summed E-state index contributed by atoms with van der Waals surface area (Å²) in [6, 6.07) is 35.9. The fourth-order valence-electron chi connectivity index (χ4n) is 8.83. The number of hydrogen-bond acceptors (Lipinski definition) is 6. The number of aliphatic hydroxyl groups is 1. The quantitative estimate of drug-likeness (QED) is 0.115. The molecule has 1 fully saturated rings. The molecule has 5 aromatic carbocycles. The molecule has 0 spiro atoms. The SMILES string of the molecule is Cc1ccc(/N=C/[C]2([Ru+2](=[C]3C=C(c4ccccc4)c4ccccc43)=[C]3N(c4c(C)cc(C)cc4C)CCN3c3c(C)cc(C)cc3C)C=C([N+](=O)[O-])C=CC2O)cc1.[Cl-].[Cl-]. The molecule has 10 heteroatoms. The predicted molar refractivity (Wildman–Crippen MR) is 237 cm³/mol. The van der Waals surface area contributed by atoms with Crippen molar-refractivity contribution in [2.75, 3.05) is 22.9 Å². The van der Waals surface area contributed by atoms with E-state index in [9.17, 15) is 15.2 Å². The summed E-state index contributed by atoms with van der Waals surface area (Å²) >= 11 is -3.10. The van der Waals surface area contributed by atoms with Crippen molar-refractivity contribution in [3.05, 3.63) is 199 Å². The third kappa shape index (κ3) is 8.07. The Bertz CT molecular complexity index is 2600. The number of nitro groups is 1. The average Bonchev–Trinajstić information content (AvgIpc) is 3.77. The second-order valence-electron chi connectivity index (χ2n) is 15.7. The minimum absolute atomic E-state index is 0. The minimum Gasteiger partial charge on any atom is -1.00 e. The first-order valence-corrected chi connectivity index (χ1v) is 22.3. The molecule has 309 valence electrons. The number of allylic oxidation sites excluding steroid dienone is 2. The van der Waals surface area contributed by atoms with Crippen LogP contribution in [0.5, 0.6) is 0 Å². The van der Waals surface area contributed by atoms with Crippen LogP contribution in [0, 0.1) is 58.6 Å². The number of aliphatic imine (C=N–C) groups is 1. The topological polar surface area (TPSA) is 82.2 Å². The van der Waals surface area contributed by atoms with E-state index >= 15 is 0 Å². The Balaban J connectivity index is 0.00000302. The largest absolute Gasteiger partial charge is 1.00 e. The van der Waals surface area contributed by atoms with Crippen LogP contribution in [0.4, 0.5) is 17.1 Å². The molecule has 0 bridgehead atoms. The van der Waals surface area contributed by atoms with Gasteiger partial charge in [-0.25, -0.2) is 0 Å². The van der Waals surface area contributed by atoms with Crippen molar-refractivity contribution in [2.24, 2.45) is 4.99 Å². The molecule has 5 aromatic rings. The van der Waals surface area contributed by atoms with Gasteiger partial charge in [-0.3, -0.25) is 0 Å². The Morgan fingerprint density at radius 3 is 1.78 bits per heavy atom. The summed E-state index contributed by atoms with van der Waals surface area (Å²) in [7, 11) is 0. The molecule has 0 amide bonds. The number of rotatable bonds is 7. The molecule has 1 saturated heterocycles. The van der Waals surface area contributed by atoms with Crippen molar-refractivity contribution in [2.45, 2.75) is 58.6 Å². The summed E-state index contributed by atoms with van der Waals surface area (Å²) in [6.45, 7) is 16.4. The van der Waals surface area contributed by atoms with Crippen LogP contribution in [0.15, 0.2) is 138 Å². The van der Waals surface area contributed by atoms with E-state index in [-0.39, 0.29) is 35.4 Å². The fraction of sp³-hybridized carbons (Fsp3) is 0.220. The number of aliphatic hydroxyl groups excluding tert-OH is 1. The Hall–Kier alpha value is -5.11. The molecule has 7 nitrogen and oxygen atoms in total. The molecule has 60 heavy (non-hydrogen) atoms. The standard InChI is InChI=1S/C21H26N2.C15H10.C14H13N2O3.2ClH.Ru/c1-14-9-16(3)20(17(4)10-14)22-7-8-23(13-22)21-18(5)11-15(2)12-19(21)6;1-2-6-12(7-3-1)15-11-10-13-8-4-5-9-14(13)15;1-10-2-4-12(5-3-10)15-9-11-8-13(16(18)19)6-7-14(11)17;;;/h9-12H,7-8H2,1-6H3;1-9,11H;2-9,14,17H,1H3;2*1H;/q;;;;;+2/p-2/b;;15-9+;;;. The number of fused-ring (bicyclic) bond motifs is 1. The van der Waals surface area contributed by atoms with E-state index in [0.717, 1.165) is 69.9 Å². The fourth-order valence-corrected chi connectivity index (χ4v) is 15.3. The monoisotopic (exact) mass is 925 g/mol. The van der Waals surface area contributed by atoms with Gasteiger partial charge in [0, 0.05) is 0 Å². The van der Waals surface area contributed by atoms with Crippen molar-refractivity contribution in [3.63, 3.8) is 0 Å². The first kappa shape index (κ1) is 44.4. The van der Waals surface area contributed by atoms with Crippen LogP contribution in [-0.4, -0.2) is 43.9 Å². The summed E-state index contributed by atoms with van der Waals surface area (Å²) in [5.41, 5.74) is 15.4. The summed E-state index contributed by atoms with van der Waals surface area (Å²) in [4.78, 5) is 22.7. The van der Waals surface area contributed by atoms with Gasteiger partial charge >= 0.3 is 348 Å². The molecule has 0 radical (unpaired) electrons. The zero-order valence-corrected chi connectivity index (χ0v) is 38.1. The zero-order valence-electron chi connectivity index (χ0n) is 34.9. The van der Waals surface area contributed by atoms with Gasteiger partial charge in [0.15, 0.2) is 0 Å². The Labute approximate surface area is 370 Å². The van der Waals surface area contributed by atoms with E-state index in [1.807, 2.05) is 43.5 Å². The Morgan fingerprint density at radius 1 is 0.733 bits per heavy atom. The molecule has 3 aliphatic rings. The number of halogens is 2. The van der Waals surface area contributed by atoms with Crippen LogP contribution < -0.4 is 34.6 Å². The number of aryl methyl sites for hydroxylation is 7. The van der Waals surface area contributed by atoms with Crippen molar-refractivity contribution in [1.29, 1.82) is 0 Å². The van der Waals surface area contributed by atoms with Gasteiger partial charge < -0.3 is 24.8 Å². The molecule has 0 saturated carbocycles. The number of nitrogens with zero attached hydrogens (tertiary/aromatic N) is 4. The van der Waals surface area contributed by atoms with Crippen LogP contribution in [0.1, 0.15) is 55.6 Å². The first-order valence-electron chi connectivity index (χ1n) is 19.7. The smallest absolute Gasteiger partial charge is 1.00 e. The minimum atomic E-state index is -3.10. The molecule has 1 N–H and O–H groups in total. The maximum absolute atomic E-state index is 12.9. The van der Waals surface area contributed by atoms with Gasteiger partial charge in [-0.15, -0.1) is 0 Å².